The minimum atomic E-state index is -0.146. The molecule has 0 spiro atoms. The summed E-state index contributed by atoms with van der Waals surface area (Å²) < 4.78 is 7.87. The lowest BCUT2D eigenvalue weighted by Gasteiger charge is -2.23. The van der Waals surface area contributed by atoms with E-state index in [9.17, 15) is 4.79 Å². The van der Waals surface area contributed by atoms with Gasteiger partial charge in [0.15, 0.2) is 5.65 Å². The Morgan fingerprint density at radius 2 is 2.03 bits per heavy atom. The van der Waals surface area contributed by atoms with E-state index >= 15 is 0 Å². The highest BCUT2D eigenvalue weighted by molar-refractivity contribution is 5.89. The van der Waals surface area contributed by atoms with Gasteiger partial charge in [0.2, 0.25) is 11.9 Å². The van der Waals surface area contributed by atoms with Gasteiger partial charge in [-0.1, -0.05) is 32.0 Å². The number of benzene rings is 1. The summed E-state index contributed by atoms with van der Waals surface area (Å²) in [6.07, 6.45) is 3.92. The summed E-state index contributed by atoms with van der Waals surface area (Å²) in [5, 5.41) is 14.2. The zero-order chi connectivity index (χ0) is 22.7. The van der Waals surface area contributed by atoms with Gasteiger partial charge in [0, 0.05) is 24.7 Å². The molecule has 1 aliphatic rings. The van der Waals surface area contributed by atoms with E-state index in [1.165, 1.54) is 6.92 Å². The van der Waals surface area contributed by atoms with E-state index < -0.39 is 0 Å². The molecule has 1 aromatic carbocycles. The highest BCUT2D eigenvalue weighted by atomic mass is 16.5. The Balaban J connectivity index is 1.68. The van der Waals surface area contributed by atoms with Crippen molar-refractivity contribution in [1.82, 2.24) is 24.9 Å². The number of amides is 1. The molecule has 3 N–H and O–H groups in total. The average Bonchev–Trinajstić information content (AvgIpc) is 3.19. The molecule has 1 amide bonds. The number of nitrogens with zero attached hydrogens (tertiary/aromatic N) is 4. The number of piperidine rings is 1. The molecule has 0 saturated carbocycles. The van der Waals surface area contributed by atoms with E-state index in [0.29, 0.717) is 12.0 Å². The van der Waals surface area contributed by atoms with Gasteiger partial charge in [0.05, 0.1) is 12.2 Å². The van der Waals surface area contributed by atoms with Crippen molar-refractivity contribution in [3.05, 3.63) is 41.6 Å². The van der Waals surface area contributed by atoms with Crippen LogP contribution in [0.4, 0.5) is 11.6 Å². The monoisotopic (exact) mass is 437 g/mol. The predicted molar refractivity (Wildman–Crippen MR) is 124 cm³/mol. The van der Waals surface area contributed by atoms with Crippen LogP contribution in [0.5, 0.6) is 6.01 Å². The van der Waals surface area contributed by atoms with Crippen molar-refractivity contribution in [2.75, 3.05) is 23.7 Å². The number of anilines is 2. The number of carbonyl (C=O) groups excluding carboxylic acids is 1. The molecule has 1 fully saturated rings. The van der Waals surface area contributed by atoms with Crippen molar-refractivity contribution in [2.45, 2.75) is 58.6 Å². The highest BCUT2D eigenvalue weighted by Gasteiger charge is 2.21. The van der Waals surface area contributed by atoms with E-state index in [2.05, 4.69) is 39.9 Å². The molecule has 3 aromatic rings. The zero-order valence-electron chi connectivity index (χ0n) is 19.1. The molecule has 9 nitrogen and oxygen atoms in total. The number of rotatable bonds is 7. The first kappa shape index (κ1) is 22.0. The number of carbonyl (C=O) groups is 1. The molecular weight excluding hydrogens is 406 g/mol. The van der Waals surface area contributed by atoms with Crippen molar-refractivity contribution in [2.24, 2.45) is 0 Å². The average molecular weight is 438 g/mol. The topological polar surface area (TPSA) is 105 Å². The summed E-state index contributed by atoms with van der Waals surface area (Å²) >= 11 is 0. The van der Waals surface area contributed by atoms with Crippen LogP contribution in [0, 0.1) is 0 Å². The number of hydrogen-bond donors (Lipinski definition) is 3. The second-order valence-electron chi connectivity index (χ2n) is 8.54. The predicted octanol–water partition coefficient (Wildman–Crippen LogP) is 3.51. The first-order valence-corrected chi connectivity index (χ1v) is 11.2. The zero-order valence-corrected chi connectivity index (χ0v) is 19.1. The van der Waals surface area contributed by atoms with Crippen molar-refractivity contribution >= 4 is 23.2 Å². The summed E-state index contributed by atoms with van der Waals surface area (Å²) in [6, 6.07) is 7.92. The minimum Gasteiger partial charge on any atom is -0.459 e. The van der Waals surface area contributed by atoms with Crippen LogP contribution in [-0.4, -0.2) is 44.7 Å². The third kappa shape index (κ3) is 4.83. The maximum Gasteiger partial charge on any atom is 0.322 e. The Morgan fingerprint density at radius 1 is 1.22 bits per heavy atom. The number of hydrogen-bond acceptors (Lipinski definition) is 7. The van der Waals surface area contributed by atoms with E-state index in [1.54, 1.807) is 4.52 Å². The lowest BCUT2D eigenvalue weighted by molar-refractivity contribution is -0.114. The molecule has 9 heteroatoms. The van der Waals surface area contributed by atoms with Gasteiger partial charge in [-0.05, 0) is 43.9 Å². The first-order valence-electron chi connectivity index (χ1n) is 11.2. The molecule has 32 heavy (non-hydrogen) atoms. The molecule has 2 atom stereocenters. The first-order chi connectivity index (χ1) is 15.4. The quantitative estimate of drug-likeness (QED) is 0.519. The molecule has 0 radical (unpaired) electrons. The van der Waals surface area contributed by atoms with Gasteiger partial charge in [-0.2, -0.15) is 19.6 Å². The molecule has 170 valence electrons. The van der Waals surface area contributed by atoms with Gasteiger partial charge in [0.25, 0.3) is 0 Å². The van der Waals surface area contributed by atoms with Gasteiger partial charge in [-0.3, -0.25) is 4.79 Å². The highest BCUT2D eigenvalue weighted by Crippen LogP contribution is 2.28. The van der Waals surface area contributed by atoms with Crippen LogP contribution in [-0.2, 0) is 4.79 Å². The molecule has 2 aromatic heterocycles. The molecule has 1 unspecified atom stereocenters. The van der Waals surface area contributed by atoms with Crippen molar-refractivity contribution in [3.8, 4) is 6.01 Å². The Labute approximate surface area is 188 Å². The fourth-order valence-corrected chi connectivity index (χ4v) is 3.95. The lowest BCUT2D eigenvalue weighted by atomic mass is 10.1. The van der Waals surface area contributed by atoms with Crippen molar-refractivity contribution in [3.63, 3.8) is 0 Å². The van der Waals surface area contributed by atoms with E-state index in [1.807, 2.05) is 37.4 Å². The van der Waals surface area contributed by atoms with Gasteiger partial charge in [-0.15, -0.1) is 0 Å². The third-order valence-corrected chi connectivity index (χ3v) is 5.60. The maximum atomic E-state index is 11.6. The Bertz CT molecular complexity index is 1090. The standard InChI is InChI=1S/C23H31N7O2/c1-14(2)19-13-25-30-21(19)28-23(32-17-8-7-11-24-12-17)29-22(30)26-15(3)18-9-5-6-10-20(18)27-16(4)31/h5-6,9-10,13-15,17,24H,7-8,11-12H2,1-4H3,(H,27,31)(H,26,28,29)/t15?,17-/m1/s1. The summed E-state index contributed by atoms with van der Waals surface area (Å²) in [5.41, 5.74) is 3.48. The largest absolute Gasteiger partial charge is 0.459 e. The normalized spacial score (nSPS) is 17.3. The van der Waals surface area contributed by atoms with Gasteiger partial charge in [-0.25, -0.2) is 0 Å². The number of aromatic nitrogens is 4. The Hall–Kier alpha value is -3.20. The minimum absolute atomic E-state index is 0.0439. The molecule has 1 aliphatic heterocycles. The Kier molecular flexibility index (Phi) is 6.55. The Morgan fingerprint density at radius 3 is 2.75 bits per heavy atom. The molecule has 0 aliphatic carbocycles. The van der Waals surface area contributed by atoms with E-state index in [4.69, 9.17) is 9.72 Å². The van der Waals surface area contributed by atoms with Crippen molar-refractivity contribution in [1.29, 1.82) is 0 Å². The molecule has 0 bridgehead atoms. The van der Waals surface area contributed by atoms with E-state index in [0.717, 1.165) is 48.4 Å². The van der Waals surface area contributed by atoms with Gasteiger partial charge < -0.3 is 20.7 Å². The third-order valence-electron chi connectivity index (χ3n) is 5.60. The van der Waals surface area contributed by atoms with Crippen LogP contribution < -0.4 is 20.7 Å². The fourth-order valence-electron chi connectivity index (χ4n) is 3.95. The van der Waals surface area contributed by atoms with Crippen LogP contribution in [0.3, 0.4) is 0 Å². The maximum absolute atomic E-state index is 11.6. The molecular formula is C23H31N7O2. The van der Waals surface area contributed by atoms with Gasteiger partial charge in [0.1, 0.15) is 6.10 Å². The second kappa shape index (κ2) is 9.52. The van der Waals surface area contributed by atoms with E-state index in [-0.39, 0.29) is 24.0 Å². The summed E-state index contributed by atoms with van der Waals surface area (Å²) in [4.78, 5) is 21.0. The molecule has 1 saturated heterocycles. The van der Waals surface area contributed by atoms with Gasteiger partial charge >= 0.3 is 6.01 Å². The number of ether oxygens (including phenoxy) is 1. The van der Waals surface area contributed by atoms with Crippen molar-refractivity contribution < 1.29 is 9.53 Å². The summed E-state index contributed by atoms with van der Waals surface area (Å²) in [7, 11) is 0. The van der Waals surface area contributed by atoms with Crippen LogP contribution in [0.25, 0.3) is 5.65 Å². The summed E-state index contributed by atoms with van der Waals surface area (Å²) in [6.45, 7) is 9.55. The second-order valence-corrected chi connectivity index (χ2v) is 8.54. The van der Waals surface area contributed by atoms with Crippen LogP contribution in [0.15, 0.2) is 30.5 Å². The van der Waals surface area contributed by atoms with Crippen LogP contribution in [0.1, 0.15) is 63.6 Å². The molecule has 3 heterocycles. The number of para-hydroxylation sites is 1. The number of nitrogens with one attached hydrogen (secondary N) is 3. The smallest absolute Gasteiger partial charge is 0.322 e. The lowest BCUT2D eigenvalue weighted by Crippen LogP contribution is -2.37. The fraction of sp³-hybridized carbons (Fsp3) is 0.478. The van der Waals surface area contributed by atoms with Crippen LogP contribution in [0.2, 0.25) is 0 Å². The molecule has 4 rings (SSSR count). The summed E-state index contributed by atoms with van der Waals surface area (Å²) in [5.74, 6) is 0.697. The number of fused-ring (bicyclic) bond motifs is 1. The SMILES string of the molecule is CC(=O)Nc1ccccc1C(C)Nc1nc(O[C@@H]2CCCNC2)nc2c(C(C)C)cnn12. The van der Waals surface area contributed by atoms with Crippen LogP contribution >= 0.6 is 0 Å².